The van der Waals surface area contributed by atoms with Gasteiger partial charge in [0.2, 0.25) is 0 Å². The van der Waals surface area contributed by atoms with Crippen LogP contribution in [0.15, 0.2) is 0 Å². The van der Waals surface area contributed by atoms with Crippen molar-refractivity contribution < 1.29 is 19.1 Å². The van der Waals surface area contributed by atoms with Gasteiger partial charge < -0.3 is 9.47 Å². The van der Waals surface area contributed by atoms with E-state index in [0.717, 1.165) is 12.8 Å². The van der Waals surface area contributed by atoms with Gasteiger partial charge in [0.05, 0.1) is 24.7 Å². The number of hydrogen-bond acceptors (Lipinski definition) is 6. The molecule has 241 valence electrons. The van der Waals surface area contributed by atoms with E-state index in [0.29, 0.717) is 13.2 Å². The van der Waals surface area contributed by atoms with Crippen LogP contribution in [0.3, 0.4) is 0 Å². The number of hydrogen-bond donors (Lipinski definition) is 2. The second kappa shape index (κ2) is 41.6. The fraction of sp³-hybridized carbons (Fsp3) is 0.939. The molecule has 0 fully saturated rings. The summed E-state index contributed by atoms with van der Waals surface area (Å²) in [6.45, 7) is 5.64. The summed E-state index contributed by atoms with van der Waals surface area (Å²) in [7, 11) is 0. The predicted molar refractivity (Wildman–Crippen MR) is 186 cm³/mol. The molecule has 0 heterocycles. The predicted octanol–water partition coefficient (Wildman–Crippen LogP) is 10.9. The van der Waals surface area contributed by atoms with Gasteiger partial charge in [-0.15, -0.1) is 0 Å². The van der Waals surface area contributed by atoms with E-state index in [2.05, 4.69) is 53.9 Å². The average Bonchev–Trinajstić information content (AvgIpc) is 2.94. The van der Waals surface area contributed by atoms with Gasteiger partial charge in [-0.1, -0.05) is 142 Å². The van der Waals surface area contributed by atoms with Gasteiger partial charge in [0.1, 0.15) is 0 Å². The van der Waals surface area contributed by atoms with E-state index >= 15 is 0 Å². The van der Waals surface area contributed by atoms with Crippen LogP contribution in [0.25, 0.3) is 0 Å². The third kappa shape index (κ3) is 51.2. The van der Waals surface area contributed by atoms with Crippen molar-refractivity contribution in [2.75, 3.05) is 24.7 Å². The molecule has 0 spiro atoms. The molecule has 0 saturated carbocycles. The van der Waals surface area contributed by atoms with Crippen molar-refractivity contribution in [1.82, 2.24) is 0 Å². The van der Waals surface area contributed by atoms with Crippen LogP contribution in [-0.4, -0.2) is 56.4 Å². The molecular weight excluding hydrogens is 643 g/mol. The van der Waals surface area contributed by atoms with Gasteiger partial charge in [-0.25, -0.2) is 0 Å². The summed E-state index contributed by atoms with van der Waals surface area (Å²) < 4.78 is 9.90. The number of rotatable bonds is 26. The summed E-state index contributed by atoms with van der Waals surface area (Å²) in [5.74, 6) is -0.0235. The summed E-state index contributed by atoms with van der Waals surface area (Å²) in [4.78, 5) is 28.7. The first-order valence-corrected chi connectivity index (χ1v) is 26.5. The Labute approximate surface area is 269 Å². The second-order valence-electron chi connectivity index (χ2n) is 11.3. The molecule has 0 aromatic carbocycles. The molecule has 0 amide bonds. The van der Waals surface area contributed by atoms with E-state index in [1.54, 1.807) is 0 Å². The molecule has 0 aromatic heterocycles. The Balaban J connectivity index is -0.000000628. The number of thiol groups is 2. The second-order valence-corrected chi connectivity index (χ2v) is 20.5. The molecule has 0 aromatic rings. The van der Waals surface area contributed by atoms with Gasteiger partial charge >= 0.3 is 46.5 Å². The fourth-order valence-corrected chi connectivity index (χ4v) is 4.18. The number of carbonyl (C=O) groups is 2. The van der Waals surface area contributed by atoms with E-state index < -0.39 is 19.8 Å². The maximum absolute atomic E-state index is 10.8. The monoisotopic (exact) mass is 713 g/mol. The molecule has 40 heavy (non-hydrogen) atoms. The van der Waals surface area contributed by atoms with Gasteiger partial charge in [-0.3, -0.25) is 9.59 Å². The van der Waals surface area contributed by atoms with Crippen LogP contribution in [0.1, 0.15) is 155 Å². The minimum atomic E-state index is -0.543. The summed E-state index contributed by atoms with van der Waals surface area (Å²) in [5, 5.41) is 0. The zero-order valence-corrected chi connectivity index (χ0v) is 32.1. The van der Waals surface area contributed by atoms with E-state index in [1.807, 2.05) is 0 Å². The molecule has 0 aliphatic rings. The molecule has 0 N–H and O–H groups in total. The zero-order valence-electron chi connectivity index (χ0n) is 27.4. The van der Waals surface area contributed by atoms with E-state index in [-0.39, 0.29) is 23.4 Å². The summed E-state index contributed by atoms with van der Waals surface area (Å²) >= 11 is 7.16. The number of unbranched alkanes of at least 4 members (excludes halogenated alkanes) is 20. The Morgan fingerprint density at radius 2 is 0.650 bits per heavy atom. The van der Waals surface area contributed by atoms with Crippen LogP contribution in [-0.2, 0) is 19.1 Å². The first kappa shape index (κ1) is 44.9. The van der Waals surface area contributed by atoms with Crippen LogP contribution in [0.2, 0.25) is 14.8 Å². The fourth-order valence-electron chi connectivity index (χ4n) is 4.00. The van der Waals surface area contributed by atoms with Gasteiger partial charge in [-0.2, -0.15) is 25.3 Å². The first-order valence-electron chi connectivity index (χ1n) is 16.6. The van der Waals surface area contributed by atoms with Crippen LogP contribution in [0.4, 0.5) is 0 Å². The molecule has 0 aliphatic heterocycles. The maximum atomic E-state index is 10.8. The van der Waals surface area contributed by atoms with Crippen molar-refractivity contribution in [1.29, 1.82) is 0 Å². The topological polar surface area (TPSA) is 52.6 Å². The minimum absolute atomic E-state index is 0.191. The number of ether oxygens (including phenoxy) is 2. The summed E-state index contributed by atoms with van der Waals surface area (Å²) in [6.07, 6.45) is 29.0. The summed E-state index contributed by atoms with van der Waals surface area (Å²) in [6, 6.07) is 0. The van der Waals surface area contributed by atoms with Crippen molar-refractivity contribution in [2.24, 2.45) is 0 Å². The van der Waals surface area contributed by atoms with Crippen LogP contribution in [0, 0.1) is 0 Å². The van der Waals surface area contributed by atoms with Gasteiger partial charge in [0.15, 0.2) is 0 Å². The quantitative estimate of drug-likeness (QED) is 0.0406. The van der Waals surface area contributed by atoms with E-state index in [1.165, 1.54) is 128 Å². The SMILES string of the molecule is CCCCCCCCCCCCCCCCOC(=O)CS.CCCCCCCCCCOC(=O)CS.[CH3][Sn]([CH3])[CH3]. The Morgan fingerprint density at radius 1 is 0.450 bits per heavy atom. The molecule has 4 nitrogen and oxygen atoms in total. The molecule has 0 atom stereocenters. The Kier molecular flexibility index (Phi) is 46.6. The zero-order chi connectivity index (χ0) is 30.5. The van der Waals surface area contributed by atoms with Crippen LogP contribution >= 0.6 is 25.3 Å². The number of carbonyl (C=O) groups excluding carboxylic acids is 2. The van der Waals surface area contributed by atoms with Crippen molar-refractivity contribution >= 4 is 57.0 Å². The third-order valence-electron chi connectivity index (χ3n) is 6.28. The molecule has 0 bridgehead atoms. The van der Waals surface area contributed by atoms with Crippen molar-refractivity contribution in [3.05, 3.63) is 0 Å². The molecule has 0 unspecified atom stereocenters. The van der Waals surface area contributed by atoms with E-state index in [9.17, 15) is 9.59 Å². The van der Waals surface area contributed by atoms with Gasteiger partial charge in [0, 0.05) is 0 Å². The Morgan fingerprint density at radius 3 is 0.850 bits per heavy atom. The normalized spacial score (nSPS) is 10.4. The van der Waals surface area contributed by atoms with Gasteiger partial charge in [0.25, 0.3) is 0 Å². The van der Waals surface area contributed by atoms with Crippen LogP contribution < -0.4 is 0 Å². The first-order chi connectivity index (χ1) is 19.3. The van der Waals surface area contributed by atoms with Crippen molar-refractivity contribution in [2.45, 2.75) is 170 Å². The third-order valence-corrected chi connectivity index (χ3v) is 6.80. The molecule has 0 aliphatic carbocycles. The van der Waals surface area contributed by atoms with Crippen molar-refractivity contribution in [3.63, 3.8) is 0 Å². The Bertz CT molecular complexity index is 490. The number of esters is 2. The average molecular weight is 713 g/mol. The van der Waals surface area contributed by atoms with E-state index in [4.69, 9.17) is 9.47 Å². The molecular formula is C33H69O4S2Sn. The van der Waals surface area contributed by atoms with Crippen LogP contribution in [0.5, 0.6) is 0 Å². The van der Waals surface area contributed by atoms with Crippen molar-refractivity contribution in [3.8, 4) is 0 Å². The Hall–Kier alpha value is 0.439. The molecule has 0 saturated heterocycles. The molecule has 0 rings (SSSR count). The standard InChI is InChI=1S/C18H36O2S.C12H24O2S.3CH3.Sn/c1-2-3-4-5-6-7-8-9-10-11-12-13-14-15-16-20-18(19)17-21;1-2-3-4-5-6-7-8-9-10-14-12(13)11-15;;;;/h21H,2-17H2,1H3;15H,2-11H2,1H3;3*1H3;. The summed E-state index contributed by atoms with van der Waals surface area (Å²) in [5.41, 5.74) is 0. The molecule has 1 radical (unpaired) electrons. The molecule has 7 heteroatoms. The van der Waals surface area contributed by atoms with Gasteiger partial charge in [-0.05, 0) is 12.8 Å².